The van der Waals surface area contributed by atoms with Crippen LogP contribution in [0.1, 0.15) is 23.0 Å². The lowest BCUT2D eigenvalue weighted by atomic mass is 10.1. The number of aromatic nitrogens is 2. The second-order valence-electron chi connectivity index (χ2n) is 5.91. The zero-order chi connectivity index (χ0) is 16.4. The zero-order valence-corrected chi connectivity index (χ0v) is 15.5. The molecule has 2 heterocycles. The third-order valence-electron chi connectivity index (χ3n) is 4.31. The Morgan fingerprint density at radius 1 is 1.33 bits per heavy atom. The number of benzene rings is 1. The molecule has 0 radical (unpaired) electrons. The number of nitrogens with zero attached hydrogens (tertiary/aromatic N) is 3. The quantitative estimate of drug-likeness (QED) is 0.888. The maximum Gasteiger partial charge on any atom is 0.219 e. The summed E-state index contributed by atoms with van der Waals surface area (Å²) in [6, 6.07) is 7.36. The van der Waals surface area contributed by atoms with Crippen LogP contribution in [0.2, 0.25) is 0 Å². The SMILES string of the molecule is Cc1ccccc1CS(=O)(=O)N1CCNCC1c1nccn1C.Cl. The minimum Gasteiger partial charge on any atom is -0.337 e. The molecule has 1 aromatic carbocycles. The standard InChI is InChI=1S/C16H22N4O2S.ClH/c1-13-5-3-4-6-14(13)12-23(21,22)20-10-7-17-11-15(20)16-18-8-9-19(16)2;/h3-6,8-9,15,17H,7,10-12H2,1-2H3;1H. The lowest BCUT2D eigenvalue weighted by Gasteiger charge is -2.34. The normalized spacial score (nSPS) is 19.0. The molecule has 24 heavy (non-hydrogen) atoms. The molecule has 0 bridgehead atoms. The Bertz CT molecular complexity index is 791. The van der Waals surface area contributed by atoms with E-state index in [4.69, 9.17) is 0 Å². The van der Waals surface area contributed by atoms with Gasteiger partial charge in [-0.2, -0.15) is 4.31 Å². The van der Waals surface area contributed by atoms with E-state index in [1.807, 2.05) is 49.0 Å². The fraction of sp³-hybridized carbons (Fsp3) is 0.438. The van der Waals surface area contributed by atoms with E-state index in [1.165, 1.54) is 0 Å². The number of hydrogen-bond acceptors (Lipinski definition) is 4. The summed E-state index contributed by atoms with van der Waals surface area (Å²) in [5.74, 6) is 0.797. The van der Waals surface area contributed by atoms with Crippen LogP contribution in [0.3, 0.4) is 0 Å². The van der Waals surface area contributed by atoms with Gasteiger partial charge in [-0.1, -0.05) is 24.3 Å². The molecule has 0 spiro atoms. The molecule has 0 amide bonds. The molecule has 132 valence electrons. The average molecular weight is 371 g/mol. The molecular weight excluding hydrogens is 348 g/mol. The van der Waals surface area contributed by atoms with E-state index in [0.717, 1.165) is 17.0 Å². The molecule has 1 saturated heterocycles. The highest BCUT2D eigenvalue weighted by Gasteiger charge is 2.35. The number of sulfonamides is 1. The summed E-state index contributed by atoms with van der Waals surface area (Å²) < 4.78 is 29.4. The number of nitrogens with one attached hydrogen (secondary N) is 1. The number of hydrogen-bond donors (Lipinski definition) is 1. The monoisotopic (exact) mass is 370 g/mol. The van der Waals surface area contributed by atoms with Crippen molar-refractivity contribution in [2.24, 2.45) is 7.05 Å². The Labute approximate surface area is 149 Å². The van der Waals surface area contributed by atoms with Crippen LogP contribution in [0.5, 0.6) is 0 Å². The van der Waals surface area contributed by atoms with E-state index in [9.17, 15) is 8.42 Å². The lowest BCUT2D eigenvalue weighted by Crippen LogP contribution is -2.49. The molecule has 1 N–H and O–H groups in total. The molecule has 2 aromatic rings. The highest BCUT2D eigenvalue weighted by atomic mass is 35.5. The van der Waals surface area contributed by atoms with Crippen molar-refractivity contribution in [2.45, 2.75) is 18.7 Å². The number of imidazole rings is 1. The van der Waals surface area contributed by atoms with Crippen LogP contribution in [-0.2, 0) is 22.8 Å². The second-order valence-corrected chi connectivity index (χ2v) is 7.83. The van der Waals surface area contributed by atoms with Crippen molar-refractivity contribution < 1.29 is 8.42 Å². The van der Waals surface area contributed by atoms with Crippen molar-refractivity contribution in [3.63, 3.8) is 0 Å². The molecule has 3 rings (SSSR count). The smallest absolute Gasteiger partial charge is 0.219 e. The molecule has 0 saturated carbocycles. The van der Waals surface area contributed by atoms with E-state index in [0.29, 0.717) is 19.6 Å². The van der Waals surface area contributed by atoms with E-state index >= 15 is 0 Å². The number of rotatable bonds is 4. The molecule has 1 aliphatic rings. The minimum atomic E-state index is -3.41. The summed E-state index contributed by atoms with van der Waals surface area (Å²) in [6.45, 7) is 3.65. The Balaban J connectivity index is 0.00000208. The summed E-state index contributed by atoms with van der Waals surface area (Å²) >= 11 is 0. The van der Waals surface area contributed by atoms with Crippen molar-refractivity contribution in [1.82, 2.24) is 19.2 Å². The Kier molecular flexibility index (Phi) is 6.03. The first-order chi connectivity index (χ1) is 11.0. The summed E-state index contributed by atoms with van der Waals surface area (Å²) in [7, 11) is -1.52. The first-order valence-electron chi connectivity index (χ1n) is 7.71. The molecular formula is C16H23ClN4O2S. The van der Waals surface area contributed by atoms with Crippen molar-refractivity contribution in [3.05, 3.63) is 53.6 Å². The van der Waals surface area contributed by atoms with Crippen molar-refractivity contribution in [1.29, 1.82) is 0 Å². The highest BCUT2D eigenvalue weighted by Crippen LogP contribution is 2.26. The molecule has 1 unspecified atom stereocenters. The Morgan fingerprint density at radius 3 is 2.75 bits per heavy atom. The van der Waals surface area contributed by atoms with Crippen molar-refractivity contribution in [3.8, 4) is 0 Å². The van der Waals surface area contributed by atoms with Crippen LogP contribution in [0, 0.1) is 6.92 Å². The third kappa shape index (κ3) is 3.80. The fourth-order valence-corrected chi connectivity index (χ4v) is 4.80. The molecule has 0 aliphatic carbocycles. The van der Waals surface area contributed by atoms with Gasteiger partial charge in [-0.05, 0) is 18.1 Å². The third-order valence-corrected chi connectivity index (χ3v) is 6.13. The molecule has 1 aliphatic heterocycles. The van der Waals surface area contributed by atoms with E-state index in [-0.39, 0.29) is 24.2 Å². The summed E-state index contributed by atoms with van der Waals surface area (Å²) in [6.07, 6.45) is 3.55. The van der Waals surface area contributed by atoms with Gasteiger partial charge >= 0.3 is 0 Å². The summed E-state index contributed by atoms with van der Waals surface area (Å²) in [5, 5.41) is 3.27. The number of halogens is 1. The Hall–Kier alpha value is -1.41. The summed E-state index contributed by atoms with van der Waals surface area (Å²) in [5.41, 5.74) is 1.85. The molecule has 8 heteroatoms. The average Bonchev–Trinajstić information content (AvgIpc) is 2.95. The van der Waals surface area contributed by atoms with E-state index < -0.39 is 10.0 Å². The molecule has 1 fully saturated rings. The first kappa shape index (κ1) is 18.9. The predicted octanol–water partition coefficient (Wildman–Crippen LogP) is 1.63. The van der Waals surface area contributed by atoms with Crippen LogP contribution >= 0.6 is 12.4 Å². The zero-order valence-electron chi connectivity index (χ0n) is 13.8. The van der Waals surface area contributed by atoms with Crippen molar-refractivity contribution in [2.75, 3.05) is 19.6 Å². The van der Waals surface area contributed by atoms with Gasteiger partial charge in [0.05, 0.1) is 11.8 Å². The van der Waals surface area contributed by atoms with E-state index in [2.05, 4.69) is 10.3 Å². The van der Waals surface area contributed by atoms with Crippen LogP contribution in [0.25, 0.3) is 0 Å². The van der Waals surface area contributed by atoms with Gasteiger partial charge in [0, 0.05) is 39.1 Å². The predicted molar refractivity (Wildman–Crippen MR) is 96.6 cm³/mol. The largest absolute Gasteiger partial charge is 0.337 e. The van der Waals surface area contributed by atoms with Gasteiger partial charge in [0.1, 0.15) is 5.82 Å². The number of piperazine rings is 1. The van der Waals surface area contributed by atoms with Gasteiger partial charge in [-0.15, -0.1) is 12.4 Å². The van der Waals surface area contributed by atoms with Crippen LogP contribution in [-0.4, -0.2) is 41.9 Å². The lowest BCUT2D eigenvalue weighted by molar-refractivity contribution is 0.258. The second kappa shape index (κ2) is 7.65. The van der Waals surface area contributed by atoms with Crippen LogP contribution < -0.4 is 5.32 Å². The van der Waals surface area contributed by atoms with Crippen molar-refractivity contribution >= 4 is 22.4 Å². The Morgan fingerprint density at radius 2 is 2.08 bits per heavy atom. The molecule has 6 nitrogen and oxygen atoms in total. The van der Waals surface area contributed by atoms with E-state index in [1.54, 1.807) is 10.5 Å². The first-order valence-corrected chi connectivity index (χ1v) is 9.32. The summed E-state index contributed by atoms with van der Waals surface area (Å²) in [4.78, 5) is 4.34. The van der Waals surface area contributed by atoms with Crippen LogP contribution in [0.4, 0.5) is 0 Å². The maximum atomic E-state index is 13.0. The fourth-order valence-electron chi connectivity index (χ4n) is 2.99. The molecule has 1 aromatic heterocycles. The van der Waals surface area contributed by atoms with Gasteiger partial charge in [-0.3, -0.25) is 0 Å². The highest BCUT2D eigenvalue weighted by molar-refractivity contribution is 7.88. The van der Waals surface area contributed by atoms with Gasteiger partial charge in [0.25, 0.3) is 0 Å². The van der Waals surface area contributed by atoms with Crippen LogP contribution in [0.15, 0.2) is 36.7 Å². The topological polar surface area (TPSA) is 67.2 Å². The van der Waals surface area contributed by atoms with Gasteiger partial charge in [0.15, 0.2) is 0 Å². The van der Waals surface area contributed by atoms with Gasteiger partial charge < -0.3 is 9.88 Å². The van der Waals surface area contributed by atoms with Gasteiger partial charge in [0.2, 0.25) is 10.0 Å². The maximum absolute atomic E-state index is 13.0. The molecule has 1 atom stereocenters. The minimum absolute atomic E-state index is 0. The van der Waals surface area contributed by atoms with Gasteiger partial charge in [-0.25, -0.2) is 13.4 Å². The number of aryl methyl sites for hydroxylation is 2.